The summed E-state index contributed by atoms with van der Waals surface area (Å²) in [6.07, 6.45) is -1.38. The molecule has 0 aromatic rings. The van der Waals surface area contributed by atoms with E-state index in [0.29, 0.717) is 6.54 Å². The zero-order chi connectivity index (χ0) is 8.85. The van der Waals surface area contributed by atoms with E-state index in [4.69, 9.17) is 15.3 Å². The van der Waals surface area contributed by atoms with Crippen molar-refractivity contribution < 1.29 is 20.1 Å². The van der Waals surface area contributed by atoms with Crippen molar-refractivity contribution in [2.24, 2.45) is 0 Å². The second-order valence-electron chi connectivity index (χ2n) is 2.39. The molecule has 0 saturated heterocycles. The first-order valence-corrected chi connectivity index (χ1v) is 3.29. The SMILES string of the molecule is CN(CCC(=O)O)CC(O)O. The summed E-state index contributed by atoms with van der Waals surface area (Å²) < 4.78 is 0. The zero-order valence-electron chi connectivity index (χ0n) is 6.40. The summed E-state index contributed by atoms with van der Waals surface area (Å²) in [5, 5.41) is 25.2. The predicted octanol–water partition coefficient (Wildman–Crippen LogP) is -1.30. The number of aliphatic carboxylic acids is 1. The maximum absolute atomic E-state index is 10.0. The first-order valence-electron chi connectivity index (χ1n) is 3.29. The molecule has 0 bridgehead atoms. The number of likely N-dealkylation sites (N-methyl/N-ethyl adjacent to an activating group) is 1. The van der Waals surface area contributed by atoms with Crippen LogP contribution in [0.4, 0.5) is 0 Å². The van der Waals surface area contributed by atoms with Crippen molar-refractivity contribution in [1.82, 2.24) is 4.90 Å². The van der Waals surface area contributed by atoms with Gasteiger partial charge in [0, 0.05) is 13.1 Å². The highest BCUT2D eigenvalue weighted by Crippen LogP contribution is 1.88. The number of carboxylic acids is 1. The molecule has 11 heavy (non-hydrogen) atoms. The van der Waals surface area contributed by atoms with Gasteiger partial charge in [-0.15, -0.1) is 0 Å². The predicted molar refractivity (Wildman–Crippen MR) is 38.0 cm³/mol. The third kappa shape index (κ3) is 7.24. The van der Waals surface area contributed by atoms with Crippen LogP contribution in [-0.4, -0.2) is 52.6 Å². The molecule has 0 saturated carbocycles. The maximum Gasteiger partial charge on any atom is 0.304 e. The van der Waals surface area contributed by atoms with Crippen LogP contribution in [0.2, 0.25) is 0 Å². The van der Waals surface area contributed by atoms with Gasteiger partial charge in [0.2, 0.25) is 0 Å². The quantitative estimate of drug-likeness (QED) is 0.439. The number of nitrogens with zero attached hydrogens (tertiary/aromatic N) is 1. The van der Waals surface area contributed by atoms with Gasteiger partial charge < -0.3 is 20.2 Å². The van der Waals surface area contributed by atoms with Crippen LogP contribution in [0.5, 0.6) is 0 Å². The average Bonchev–Trinajstić information content (AvgIpc) is 1.82. The summed E-state index contributed by atoms with van der Waals surface area (Å²) in [6.45, 7) is 0.403. The Hall–Kier alpha value is -0.650. The van der Waals surface area contributed by atoms with Gasteiger partial charge in [0.15, 0.2) is 6.29 Å². The number of aliphatic hydroxyl groups is 2. The van der Waals surface area contributed by atoms with Gasteiger partial charge in [-0.2, -0.15) is 0 Å². The highest BCUT2D eigenvalue weighted by atomic mass is 16.5. The second-order valence-corrected chi connectivity index (χ2v) is 2.39. The Kier molecular flexibility index (Phi) is 4.76. The molecule has 0 rings (SSSR count). The molecular weight excluding hydrogens is 150 g/mol. The largest absolute Gasteiger partial charge is 0.481 e. The Bertz CT molecular complexity index is 126. The fourth-order valence-corrected chi connectivity index (χ4v) is 0.657. The van der Waals surface area contributed by atoms with Crippen molar-refractivity contribution in [1.29, 1.82) is 0 Å². The molecule has 0 fully saturated rings. The van der Waals surface area contributed by atoms with Crippen molar-refractivity contribution in [2.75, 3.05) is 20.1 Å². The van der Waals surface area contributed by atoms with Crippen molar-refractivity contribution in [3.63, 3.8) is 0 Å². The van der Waals surface area contributed by atoms with Crippen molar-refractivity contribution in [3.05, 3.63) is 0 Å². The highest BCUT2D eigenvalue weighted by Gasteiger charge is 2.05. The van der Waals surface area contributed by atoms with Gasteiger partial charge in [0.25, 0.3) is 0 Å². The first-order chi connectivity index (χ1) is 5.02. The van der Waals surface area contributed by atoms with E-state index in [1.807, 2.05) is 0 Å². The standard InChI is InChI=1S/C6H13NO4/c1-7(4-6(10)11)3-2-5(8)9/h6,10-11H,2-4H2,1H3,(H,8,9). The average molecular weight is 163 g/mol. The number of rotatable bonds is 5. The van der Waals surface area contributed by atoms with Crippen molar-refractivity contribution in [2.45, 2.75) is 12.7 Å². The molecule has 5 nitrogen and oxygen atoms in total. The molecule has 0 heterocycles. The molecule has 5 heteroatoms. The van der Waals surface area contributed by atoms with Crippen LogP contribution in [0, 0.1) is 0 Å². The first kappa shape index (κ1) is 10.3. The van der Waals surface area contributed by atoms with E-state index in [1.54, 1.807) is 11.9 Å². The van der Waals surface area contributed by atoms with Crippen LogP contribution >= 0.6 is 0 Å². The molecule has 0 radical (unpaired) electrons. The molecule has 0 aliphatic rings. The Morgan fingerprint density at radius 1 is 1.55 bits per heavy atom. The summed E-state index contributed by atoms with van der Waals surface area (Å²) in [4.78, 5) is 11.6. The Balaban J connectivity index is 3.37. The van der Waals surface area contributed by atoms with Gasteiger partial charge in [-0.3, -0.25) is 4.79 Å². The molecule has 0 spiro atoms. The lowest BCUT2D eigenvalue weighted by Crippen LogP contribution is -2.30. The molecular formula is C6H13NO4. The van der Waals surface area contributed by atoms with Gasteiger partial charge >= 0.3 is 5.97 Å². The summed E-state index contributed by atoms with van der Waals surface area (Å²) in [5.74, 6) is -0.885. The van der Waals surface area contributed by atoms with Crippen molar-refractivity contribution in [3.8, 4) is 0 Å². The van der Waals surface area contributed by atoms with E-state index in [-0.39, 0.29) is 13.0 Å². The van der Waals surface area contributed by atoms with Gasteiger partial charge in [0.05, 0.1) is 6.42 Å². The Morgan fingerprint density at radius 2 is 2.09 bits per heavy atom. The monoisotopic (exact) mass is 163 g/mol. The number of carbonyl (C=O) groups is 1. The third-order valence-electron chi connectivity index (χ3n) is 1.18. The van der Waals surface area contributed by atoms with E-state index < -0.39 is 12.3 Å². The number of aliphatic hydroxyl groups excluding tert-OH is 1. The number of hydrogen-bond donors (Lipinski definition) is 3. The molecule has 3 N–H and O–H groups in total. The summed E-state index contributed by atoms with van der Waals surface area (Å²) in [6, 6.07) is 0. The third-order valence-corrected chi connectivity index (χ3v) is 1.18. The van der Waals surface area contributed by atoms with Crippen LogP contribution in [0.1, 0.15) is 6.42 Å². The minimum absolute atomic E-state index is 0.0171. The molecule has 66 valence electrons. The lowest BCUT2D eigenvalue weighted by molar-refractivity contribution is -0.137. The van der Waals surface area contributed by atoms with Gasteiger partial charge in [0.1, 0.15) is 0 Å². The van der Waals surface area contributed by atoms with Gasteiger partial charge in [-0.1, -0.05) is 0 Å². The van der Waals surface area contributed by atoms with E-state index in [0.717, 1.165) is 0 Å². The molecule has 0 unspecified atom stereocenters. The zero-order valence-corrected chi connectivity index (χ0v) is 6.40. The van der Waals surface area contributed by atoms with Gasteiger partial charge in [-0.25, -0.2) is 0 Å². The molecule has 0 aliphatic heterocycles. The van der Waals surface area contributed by atoms with E-state index >= 15 is 0 Å². The Labute approximate surface area is 64.9 Å². The molecule has 0 atom stereocenters. The molecule has 0 aromatic carbocycles. The van der Waals surface area contributed by atoms with Gasteiger partial charge in [-0.05, 0) is 7.05 Å². The van der Waals surface area contributed by atoms with E-state index in [1.165, 1.54) is 0 Å². The van der Waals surface area contributed by atoms with Crippen LogP contribution in [-0.2, 0) is 4.79 Å². The summed E-state index contributed by atoms with van der Waals surface area (Å²) in [5.41, 5.74) is 0. The Morgan fingerprint density at radius 3 is 2.45 bits per heavy atom. The normalized spacial score (nSPS) is 11.0. The minimum atomic E-state index is -1.39. The smallest absolute Gasteiger partial charge is 0.304 e. The van der Waals surface area contributed by atoms with Crippen LogP contribution in [0.25, 0.3) is 0 Å². The molecule has 0 aromatic heterocycles. The minimum Gasteiger partial charge on any atom is -0.481 e. The van der Waals surface area contributed by atoms with Crippen molar-refractivity contribution >= 4 is 5.97 Å². The maximum atomic E-state index is 10.0. The lowest BCUT2D eigenvalue weighted by Gasteiger charge is -2.15. The number of carboxylic acid groups (broad SMARTS) is 1. The van der Waals surface area contributed by atoms with E-state index in [2.05, 4.69) is 0 Å². The highest BCUT2D eigenvalue weighted by molar-refractivity contribution is 5.66. The fraction of sp³-hybridized carbons (Fsp3) is 0.833. The lowest BCUT2D eigenvalue weighted by atomic mass is 10.4. The topological polar surface area (TPSA) is 81.0 Å². The van der Waals surface area contributed by atoms with E-state index in [9.17, 15) is 4.79 Å². The molecule has 0 amide bonds. The number of hydrogen-bond acceptors (Lipinski definition) is 4. The fourth-order valence-electron chi connectivity index (χ4n) is 0.657. The van der Waals surface area contributed by atoms with Crippen LogP contribution in [0.3, 0.4) is 0 Å². The second kappa shape index (κ2) is 5.06. The molecule has 0 aliphatic carbocycles. The van der Waals surface area contributed by atoms with Crippen LogP contribution < -0.4 is 0 Å². The van der Waals surface area contributed by atoms with Crippen LogP contribution in [0.15, 0.2) is 0 Å². The summed E-state index contributed by atoms with van der Waals surface area (Å²) in [7, 11) is 1.63. The summed E-state index contributed by atoms with van der Waals surface area (Å²) >= 11 is 0.